The Morgan fingerprint density at radius 2 is 1.89 bits per heavy atom. The predicted molar refractivity (Wildman–Crippen MR) is 80.6 cm³/mol. The van der Waals surface area contributed by atoms with E-state index in [1.54, 1.807) is 11.3 Å². The van der Waals surface area contributed by atoms with E-state index in [1.807, 2.05) is 6.07 Å². The fourth-order valence-corrected chi connectivity index (χ4v) is 3.03. The number of rotatable bonds is 5. The molecule has 0 amide bonds. The highest BCUT2D eigenvalue weighted by Gasteiger charge is 2.28. The third-order valence-electron chi connectivity index (χ3n) is 3.35. The topological polar surface area (TPSA) is 37.8 Å². The van der Waals surface area contributed by atoms with Gasteiger partial charge >= 0.3 is 0 Å². The lowest BCUT2D eigenvalue weighted by Gasteiger charge is -2.21. The van der Waals surface area contributed by atoms with E-state index in [1.165, 1.54) is 5.56 Å². The van der Waals surface area contributed by atoms with Crippen LogP contribution < -0.4 is 5.32 Å². The molecule has 1 heterocycles. The molecule has 0 spiro atoms. The molecule has 1 unspecified atom stereocenters. The maximum absolute atomic E-state index is 4.40. The molecule has 4 heteroatoms. The first-order valence-electron chi connectivity index (χ1n) is 6.68. The molecule has 0 aliphatic carbocycles. The molecule has 3 nitrogen and oxygen atoms in total. The van der Waals surface area contributed by atoms with Crippen LogP contribution in [0, 0.1) is 0 Å². The minimum absolute atomic E-state index is 0.0941. The summed E-state index contributed by atoms with van der Waals surface area (Å²) >= 11 is 1.70. The number of nitrogens with one attached hydrogen (secondary N) is 1. The van der Waals surface area contributed by atoms with Gasteiger partial charge in [0.05, 0.1) is 6.04 Å². The molecule has 0 fully saturated rings. The second-order valence-electron chi connectivity index (χ2n) is 5.22. The van der Waals surface area contributed by atoms with Crippen molar-refractivity contribution in [2.24, 2.45) is 0 Å². The molecule has 1 atom stereocenters. The molecule has 0 saturated carbocycles. The summed E-state index contributed by atoms with van der Waals surface area (Å²) in [6.45, 7) is 9.57. The van der Waals surface area contributed by atoms with Crippen molar-refractivity contribution in [2.45, 2.75) is 39.2 Å². The minimum atomic E-state index is -0.0941. The van der Waals surface area contributed by atoms with Gasteiger partial charge in [0.15, 0.2) is 0 Å². The molecule has 0 bridgehead atoms. The van der Waals surface area contributed by atoms with Crippen LogP contribution in [0.25, 0.3) is 0 Å². The lowest BCUT2D eigenvalue weighted by Crippen LogP contribution is -2.18. The van der Waals surface area contributed by atoms with Crippen molar-refractivity contribution < 1.29 is 0 Å². The summed E-state index contributed by atoms with van der Waals surface area (Å²) in [5, 5.41) is 14.2. The van der Waals surface area contributed by atoms with E-state index in [0.29, 0.717) is 0 Å². The van der Waals surface area contributed by atoms with Crippen LogP contribution in [0.3, 0.4) is 0 Å². The Labute approximate surface area is 119 Å². The van der Waals surface area contributed by atoms with Crippen LogP contribution in [-0.2, 0) is 5.41 Å². The first-order valence-corrected chi connectivity index (χ1v) is 7.50. The third-order valence-corrected chi connectivity index (χ3v) is 4.78. The molecule has 0 aliphatic heterocycles. The van der Waals surface area contributed by atoms with E-state index in [-0.39, 0.29) is 11.5 Å². The SMILES string of the molecule is CCNC(C)c1nnc(C(C)(C)c2ccccc2)s1. The van der Waals surface area contributed by atoms with Gasteiger partial charge < -0.3 is 5.32 Å². The Hall–Kier alpha value is -1.26. The molecule has 1 aromatic carbocycles. The van der Waals surface area contributed by atoms with Crippen molar-refractivity contribution in [2.75, 3.05) is 6.54 Å². The number of nitrogens with zero attached hydrogens (tertiary/aromatic N) is 2. The Morgan fingerprint density at radius 3 is 2.53 bits per heavy atom. The minimum Gasteiger partial charge on any atom is -0.308 e. The van der Waals surface area contributed by atoms with Gasteiger partial charge in [-0.15, -0.1) is 10.2 Å². The molecule has 0 radical (unpaired) electrons. The largest absolute Gasteiger partial charge is 0.308 e. The Balaban J connectivity index is 2.27. The number of hydrogen-bond acceptors (Lipinski definition) is 4. The smallest absolute Gasteiger partial charge is 0.134 e. The van der Waals surface area contributed by atoms with Crippen LogP contribution >= 0.6 is 11.3 Å². The zero-order valence-corrected chi connectivity index (χ0v) is 12.8. The summed E-state index contributed by atoms with van der Waals surface area (Å²) in [7, 11) is 0. The van der Waals surface area contributed by atoms with E-state index in [2.05, 4.69) is 67.5 Å². The Bertz CT molecular complexity index is 519. The van der Waals surface area contributed by atoms with Crippen LogP contribution in [-0.4, -0.2) is 16.7 Å². The molecule has 0 saturated heterocycles. The van der Waals surface area contributed by atoms with Crippen molar-refractivity contribution in [3.8, 4) is 0 Å². The normalized spacial score (nSPS) is 13.5. The third kappa shape index (κ3) is 3.01. The fraction of sp³-hybridized carbons (Fsp3) is 0.467. The molecule has 2 aromatic rings. The molecule has 1 N–H and O–H groups in total. The average Bonchev–Trinajstić information content (AvgIpc) is 2.90. The van der Waals surface area contributed by atoms with E-state index in [9.17, 15) is 0 Å². The molecule has 2 rings (SSSR count). The van der Waals surface area contributed by atoms with Crippen molar-refractivity contribution in [1.82, 2.24) is 15.5 Å². The van der Waals surface area contributed by atoms with Crippen LogP contribution in [0.2, 0.25) is 0 Å². The van der Waals surface area contributed by atoms with E-state index < -0.39 is 0 Å². The van der Waals surface area contributed by atoms with Gasteiger partial charge in [-0.3, -0.25) is 0 Å². The van der Waals surface area contributed by atoms with E-state index >= 15 is 0 Å². The molecule has 102 valence electrons. The van der Waals surface area contributed by atoms with Gasteiger partial charge in [-0.05, 0) is 32.9 Å². The lowest BCUT2D eigenvalue weighted by atomic mass is 9.85. The molecule has 19 heavy (non-hydrogen) atoms. The van der Waals surface area contributed by atoms with E-state index in [0.717, 1.165) is 16.6 Å². The molecule has 0 aliphatic rings. The second-order valence-corrected chi connectivity index (χ2v) is 6.22. The second kappa shape index (κ2) is 5.80. The standard InChI is InChI=1S/C15H21N3S/c1-5-16-11(2)13-17-18-14(19-13)15(3,4)12-9-7-6-8-10-12/h6-11,16H,5H2,1-4H3. The summed E-state index contributed by atoms with van der Waals surface area (Å²) in [5.74, 6) is 0. The number of aromatic nitrogens is 2. The zero-order chi connectivity index (χ0) is 13.9. The van der Waals surface area contributed by atoms with E-state index in [4.69, 9.17) is 0 Å². The van der Waals surface area contributed by atoms with Gasteiger partial charge in [0.25, 0.3) is 0 Å². The molecular weight excluding hydrogens is 254 g/mol. The van der Waals surface area contributed by atoms with Gasteiger partial charge in [-0.25, -0.2) is 0 Å². The first kappa shape index (κ1) is 14.2. The van der Waals surface area contributed by atoms with Crippen molar-refractivity contribution >= 4 is 11.3 Å². The highest BCUT2D eigenvalue weighted by atomic mass is 32.1. The summed E-state index contributed by atoms with van der Waals surface area (Å²) in [6, 6.07) is 10.7. The first-order chi connectivity index (χ1) is 9.05. The van der Waals surface area contributed by atoms with Crippen LogP contribution in [0.15, 0.2) is 30.3 Å². The molecular formula is C15H21N3S. The van der Waals surface area contributed by atoms with Crippen molar-refractivity contribution in [3.05, 3.63) is 45.9 Å². The zero-order valence-electron chi connectivity index (χ0n) is 12.0. The highest BCUT2D eigenvalue weighted by molar-refractivity contribution is 7.11. The average molecular weight is 275 g/mol. The number of hydrogen-bond donors (Lipinski definition) is 1. The monoisotopic (exact) mass is 275 g/mol. The highest BCUT2D eigenvalue weighted by Crippen LogP contribution is 2.34. The summed E-state index contributed by atoms with van der Waals surface area (Å²) in [5.41, 5.74) is 1.18. The maximum atomic E-state index is 4.40. The van der Waals surface area contributed by atoms with Gasteiger partial charge in [0, 0.05) is 5.41 Å². The van der Waals surface area contributed by atoms with Crippen LogP contribution in [0.5, 0.6) is 0 Å². The van der Waals surface area contributed by atoms with Gasteiger partial charge in [-0.1, -0.05) is 48.6 Å². The van der Waals surface area contributed by atoms with Crippen molar-refractivity contribution in [3.63, 3.8) is 0 Å². The Kier molecular flexibility index (Phi) is 4.32. The van der Waals surface area contributed by atoms with Crippen LogP contribution in [0.1, 0.15) is 49.3 Å². The lowest BCUT2D eigenvalue weighted by molar-refractivity contribution is 0.585. The number of benzene rings is 1. The summed E-state index contributed by atoms with van der Waals surface area (Å²) in [4.78, 5) is 0. The fourth-order valence-electron chi connectivity index (χ4n) is 2.03. The van der Waals surface area contributed by atoms with Gasteiger partial charge in [0.1, 0.15) is 10.0 Å². The quantitative estimate of drug-likeness (QED) is 0.907. The predicted octanol–water partition coefficient (Wildman–Crippen LogP) is 3.53. The Morgan fingerprint density at radius 1 is 1.21 bits per heavy atom. The summed E-state index contributed by atoms with van der Waals surface area (Å²) < 4.78 is 0. The van der Waals surface area contributed by atoms with Gasteiger partial charge in [0.2, 0.25) is 0 Å². The van der Waals surface area contributed by atoms with Gasteiger partial charge in [-0.2, -0.15) is 0 Å². The maximum Gasteiger partial charge on any atom is 0.134 e. The summed E-state index contributed by atoms with van der Waals surface area (Å²) in [6.07, 6.45) is 0. The van der Waals surface area contributed by atoms with Crippen molar-refractivity contribution in [1.29, 1.82) is 0 Å². The molecule has 1 aromatic heterocycles. The van der Waals surface area contributed by atoms with Crippen LogP contribution in [0.4, 0.5) is 0 Å².